The fourth-order valence-corrected chi connectivity index (χ4v) is 1.76. The van der Waals surface area contributed by atoms with Gasteiger partial charge in [0.05, 0.1) is 6.20 Å². The molecule has 0 aromatic carbocycles. The second-order valence-electron chi connectivity index (χ2n) is 4.16. The van der Waals surface area contributed by atoms with Crippen LogP contribution < -0.4 is 5.32 Å². The molecule has 0 fully saturated rings. The zero-order valence-electron chi connectivity index (χ0n) is 11.1. The third-order valence-electron chi connectivity index (χ3n) is 2.68. The van der Waals surface area contributed by atoms with Crippen LogP contribution in [-0.2, 0) is 11.8 Å². The van der Waals surface area contributed by atoms with Crippen LogP contribution in [0.3, 0.4) is 0 Å². The molecule has 0 aliphatic rings. The fraction of sp³-hybridized carbons (Fsp3) is 0.364. The van der Waals surface area contributed by atoms with Gasteiger partial charge >= 0.3 is 6.18 Å². The van der Waals surface area contributed by atoms with Crippen LogP contribution in [0.1, 0.15) is 22.3 Å². The van der Waals surface area contributed by atoms with Crippen molar-refractivity contribution in [2.45, 2.75) is 12.3 Å². The number of nitrogens with zero attached hydrogens (tertiary/aromatic N) is 3. The number of aryl methyl sites for hydroxylation is 1. The second-order valence-corrected chi connectivity index (χ2v) is 4.16. The summed E-state index contributed by atoms with van der Waals surface area (Å²) in [5.74, 6) is -0.292. The highest BCUT2D eigenvalue weighted by molar-refractivity contribution is 6.02. The summed E-state index contributed by atoms with van der Waals surface area (Å²) in [6.45, 7) is 0. The molecule has 2 rings (SSSR count). The Balaban J connectivity index is 2.24. The number of aromatic amines is 1. The summed E-state index contributed by atoms with van der Waals surface area (Å²) < 4.78 is 43.8. The number of H-pyrrole nitrogens is 1. The van der Waals surface area contributed by atoms with Crippen molar-refractivity contribution < 1.29 is 22.7 Å². The predicted molar refractivity (Wildman–Crippen MR) is 65.6 cm³/mol. The van der Waals surface area contributed by atoms with Crippen molar-refractivity contribution in [2.24, 2.45) is 7.05 Å². The molecule has 0 bridgehead atoms. The zero-order chi connectivity index (χ0) is 15.6. The lowest BCUT2D eigenvalue weighted by atomic mass is 10.2. The van der Waals surface area contributed by atoms with Crippen molar-refractivity contribution >= 4 is 11.7 Å². The highest BCUT2D eigenvalue weighted by Gasteiger charge is 2.43. The van der Waals surface area contributed by atoms with Gasteiger partial charge in [0.25, 0.3) is 5.91 Å². The molecule has 1 atom stereocenters. The van der Waals surface area contributed by atoms with Crippen molar-refractivity contribution in [3.63, 3.8) is 0 Å². The number of ether oxygens (including phenoxy) is 1. The van der Waals surface area contributed by atoms with E-state index in [4.69, 9.17) is 0 Å². The highest BCUT2D eigenvalue weighted by Crippen LogP contribution is 2.34. The van der Waals surface area contributed by atoms with Crippen molar-refractivity contribution in [3.8, 4) is 0 Å². The molecule has 0 spiro atoms. The Bertz CT molecular complexity index is 620. The van der Waals surface area contributed by atoms with Gasteiger partial charge in [-0.25, -0.2) is 0 Å². The van der Waals surface area contributed by atoms with Gasteiger partial charge in [0.2, 0.25) is 0 Å². The summed E-state index contributed by atoms with van der Waals surface area (Å²) >= 11 is 0. The molecule has 0 aliphatic heterocycles. The minimum atomic E-state index is -4.61. The molecule has 1 amide bonds. The van der Waals surface area contributed by atoms with Gasteiger partial charge in [0.1, 0.15) is 17.2 Å². The van der Waals surface area contributed by atoms with E-state index in [0.717, 1.165) is 17.9 Å². The summed E-state index contributed by atoms with van der Waals surface area (Å²) in [6, 6.07) is 2.54. The Morgan fingerprint density at radius 2 is 2.24 bits per heavy atom. The zero-order valence-corrected chi connectivity index (χ0v) is 11.1. The molecule has 7 nitrogen and oxygen atoms in total. The van der Waals surface area contributed by atoms with Crippen LogP contribution in [-0.4, -0.2) is 39.2 Å². The summed E-state index contributed by atoms with van der Waals surface area (Å²) in [5.41, 5.74) is -0.423. The number of methoxy groups -OCH3 is 1. The average Bonchev–Trinajstić information content (AvgIpc) is 2.98. The van der Waals surface area contributed by atoms with Gasteiger partial charge < -0.3 is 10.1 Å². The van der Waals surface area contributed by atoms with Crippen LogP contribution in [0.5, 0.6) is 0 Å². The molecular weight excluding hydrogens is 291 g/mol. The van der Waals surface area contributed by atoms with E-state index in [0.29, 0.717) is 5.82 Å². The molecule has 2 aromatic heterocycles. The number of carbonyl (C=O) groups excluding carboxylic acids is 1. The second kappa shape index (κ2) is 5.56. The molecule has 0 saturated carbocycles. The SMILES string of the molecule is COC(c1cc(C(=O)Nc2ccn[nH]2)n(C)n1)C(F)(F)F. The summed E-state index contributed by atoms with van der Waals surface area (Å²) in [5, 5.41) is 12.3. The summed E-state index contributed by atoms with van der Waals surface area (Å²) in [4.78, 5) is 12.0. The minimum absolute atomic E-state index is 0.0362. The standard InChI is InChI=1S/C11H12F3N5O2/c1-19-7(10(20)16-8-3-4-15-17-8)5-6(18-19)9(21-2)11(12,13)14/h3-5,9H,1-2H3,(H2,15,16,17,20). The number of anilines is 1. The number of aromatic nitrogens is 4. The van der Waals surface area contributed by atoms with Crippen molar-refractivity contribution in [1.82, 2.24) is 20.0 Å². The van der Waals surface area contributed by atoms with E-state index in [2.05, 4.69) is 25.3 Å². The van der Waals surface area contributed by atoms with E-state index < -0.39 is 18.2 Å². The maximum absolute atomic E-state index is 12.8. The number of alkyl halides is 3. The van der Waals surface area contributed by atoms with Gasteiger partial charge in [-0.15, -0.1) is 0 Å². The first-order valence-electron chi connectivity index (χ1n) is 5.77. The monoisotopic (exact) mass is 303 g/mol. The normalized spacial score (nSPS) is 13.2. The number of halogens is 3. The summed E-state index contributed by atoms with van der Waals surface area (Å²) in [7, 11) is 2.30. The van der Waals surface area contributed by atoms with Crippen molar-refractivity contribution in [2.75, 3.05) is 12.4 Å². The molecule has 114 valence electrons. The molecule has 1 unspecified atom stereocenters. The number of carbonyl (C=O) groups is 1. The van der Waals surface area contributed by atoms with Crippen molar-refractivity contribution in [3.05, 3.63) is 29.7 Å². The van der Waals surface area contributed by atoms with Crippen LogP contribution >= 0.6 is 0 Å². The Morgan fingerprint density at radius 1 is 1.52 bits per heavy atom. The molecule has 0 saturated heterocycles. The lowest BCUT2D eigenvalue weighted by molar-refractivity contribution is -0.217. The number of amides is 1. The highest BCUT2D eigenvalue weighted by atomic mass is 19.4. The van der Waals surface area contributed by atoms with Gasteiger partial charge in [-0.05, 0) is 6.07 Å². The van der Waals surface area contributed by atoms with E-state index in [-0.39, 0.29) is 11.4 Å². The molecule has 2 aromatic rings. The lowest BCUT2D eigenvalue weighted by Gasteiger charge is -2.15. The van der Waals surface area contributed by atoms with Crippen LogP contribution in [0.25, 0.3) is 0 Å². The number of hydrogen-bond acceptors (Lipinski definition) is 4. The van der Waals surface area contributed by atoms with E-state index in [9.17, 15) is 18.0 Å². The lowest BCUT2D eigenvalue weighted by Crippen LogP contribution is -2.23. The molecule has 2 N–H and O–H groups in total. The number of rotatable bonds is 4. The quantitative estimate of drug-likeness (QED) is 0.899. The third kappa shape index (κ3) is 3.21. The first kappa shape index (κ1) is 15.0. The molecule has 21 heavy (non-hydrogen) atoms. The van der Waals surface area contributed by atoms with E-state index in [1.54, 1.807) is 0 Å². The molecular formula is C11H12F3N5O2. The van der Waals surface area contributed by atoms with Gasteiger partial charge in [-0.2, -0.15) is 23.4 Å². The molecule has 0 radical (unpaired) electrons. The van der Waals surface area contributed by atoms with Crippen LogP contribution in [0.2, 0.25) is 0 Å². The predicted octanol–water partition coefficient (Wildman–Crippen LogP) is 1.65. The first-order valence-corrected chi connectivity index (χ1v) is 5.77. The topological polar surface area (TPSA) is 84.8 Å². The molecule has 2 heterocycles. The summed E-state index contributed by atoms with van der Waals surface area (Å²) in [6.07, 6.45) is -5.37. The minimum Gasteiger partial charge on any atom is -0.366 e. The smallest absolute Gasteiger partial charge is 0.366 e. The van der Waals surface area contributed by atoms with Crippen LogP contribution in [0, 0.1) is 0 Å². The van der Waals surface area contributed by atoms with Gasteiger partial charge in [0.15, 0.2) is 6.10 Å². The first-order chi connectivity index (χ1) is 9.82. The molecule has 0 aliphatic carbocycles. The largest absolute Gasteiger partial charge is 0.420 e. The Labute approximate surface area is 117 Å². The maximum atomic E-state index is 12.8. The van der Waals surface area contributed by atoms with Gasteiger partial charge in [0, 0.05) is 20.2 Å². The average molecular weight is 303 g/mol. The van der Waals surface area contributed by atoms with Crippen molar-refractivity contribution in [1.29, 1.82) is 0 Å². The molecule has 10 heteroatoms. The Hall–Kier alpha value is -2.36. The maximum Gasteiger partial charge on any atom is 0.420 e. The van der Waals surface area contributed by atoms with Gasteiger partial charge in [-0.1, -0.05) is 0 Å². The fourth-order valence-electron chi connectivity index (χ4n) is 1.76. The third-order valence-corrected chi connectivity index (χ3v) is 2.68. The van der Waals surface area contributed by atoms with E-state index in [1.807, 2.05) is 0 Å². The van der Waals surface area contributed by atoms with E-state index >= 15 is 0 Å². The van der Waals surface area contributed by atoms with Crippen LogP contribution in [0.4, 0.5) is 19.0 Å². The van der Waals surface area contributed by atoms with E-state index in [1.165, 1.54) is 19.3 Å². The Morgan fingerprint density at radius 3 is 2.76 bits per heavy atom. The number of hydrogen-bond donors (Lipinski definition) is 2. The Kier molecular flexibility index (Phi) is 3.98. The van der Waals surface area contributed by atoms with Crippen LogP contribution in [0.15, 0.2) is 18.3 Å². The van der Waals surface area contributed by atoms with Gasteiger partial charge in [-0.3, -0.25) is 14.6 Å². The number of nitrogens with one attached hydrogen (secondary N) is 2.